The van der Waals surface area contributed by atoms with Gasteiger partial charge < -0.3 is 20.1 Å². The molecule has 11 nitrogen and oxygen atoms in total. The van der Waals surface area contributed by atoms with Crippen molar-refractivity contribution in [1.29, 1.82) is 0 Å². The lowest BCUT2D eigenvalue weighted by molar-refractivity contribution is -0.152. The van der Waals surface area contributed by atoms with Gasteiger partial charge in [-0.3, -0.25) is 14.8 Å². The summed E-state index contributed by atoms with van der Waals surface area (Å²) in [7, 11) is 1.35. The summed E-state index contributed by atoms with van der Waals surface area (Å²) >= 11 is 6.61. The zero-order valence-corrected chi connectivity index (χ0v) is 29.3. The highest BCUT2D eigenvalue weighted by molar-refractivity contribution is 9.10. The number of thiazole rings is 2. The summed E-state index contributed by atoms with van der Waals surface area (Å²) in [6.07, 6.45) is 10.5. The van der Waals surface area contributed by atoms with Crippen molar-refractivity contribution in [2.24, 2.45) is 5.41 Å². The molecule has 2 N–H and O–H groups in total. The van der Waals surface area contributed by atoms with Crippen LogP contribution < -0.4 is 15.4 Å². The minimum Gasteiger partial charge on any atom is -0.469 e. The van der Waals surface area contributed by atoms with Gasteiger partial charge in [0.25, 0.3) is 0 Å². The monoisotopic (exact) mass is 740 g/mol. The molecule has 0 radical (unpaired) electrons. The maximum atomic E-state index is 11.7. The molecule has 14 heteroatoms. The smallest absolute Gasteiger partial charge is 0.316 e. The Morgan fingerprint density at radius 2 is 1.27 bits per heavy atom. The predicted molar refractivity (Wildman–Crippen MR) is 194 cm³/mol. The van der Waals surface area contributed by atoms with E-state index in [1.54, 1.807) is 73.7 Å². The van der Waals surface area contributed by atoms with Gasteiger partial charge in [-0.05, 0) is 67.9 Å². The van der Waals surface area contributed by atoms with Gasteiger partial charge in [-0.15, -0.1) is 0 Å². The van der Waals surface area contributed by atoms with Gasteiger partial charge in [-0.25, -0.2) is 19.9 Å². The van der Waals surface area contributed by atoms with Crippen LogP contribution in [0.5, 0.6) is 6.01 Å². The second-order valence-corrected chi connectivity index (χ2v) is 14.0. The van der Waals surface area contributed by atoms with Gasteiger partial charge in [0.05, 0.1) is 34.3 Å². The first-order chi connectivity index (χ1) is 23.3. The SMILES string of the molecule is Brc1ccc(Nc2nc3cnccc3s2)cc1.COC(=O)C(C)(C)COc1ncc(-c2ccc(Nc3nc4cnccc4s3)cc2)cn1. The number of hydrogen-bond acceptors (Lipinski definition) is 13. The van der Waals surface area contributed by atoms with Gasteiger partial charge >= 0.3 is 12.0 Å². The van der Waals surface area contributed by atoms with Crippen LogP contribution in [0.3, 0.4) is 0 Å². The number of methoxy groups -OCH3 is 1. The maximum Gasteiger partial charge on any atom is 0.316 e. The first-order valence-corrected chi connectivity index (χ1v) is 17.0. The maximum absolute atomic E-state index is 11.7. The Morgan fingerprint density at radius 3 is 1.77 bits per heavy atom. The quantitative estimate of drug-likeness (QED) is 0.138. The Hall–Kier alpha value is -5.05. The van der Waals surface area contributed by atoms with Crippen LogP contribution in [0, 0.1) is 5.41 Å². The minimum absolute atomic E-state index is 0.126. The molecule has 0 aliphatic heterocycles. The molecule has 0 saturated heterocycles. The zero-order chi connectivity index (χ0) is 33.5. The highest BCUT2D eigenvalue weighted by Gasteiger charge is 2.30. The first kappa shape index (κ1) is 32.9. The third-order valence-electron chi connectivity index (χ3n) is 6.87. The van der Waals surface area contributed by atoms with E-state index in [-0.39, 0.29) is 18.6 Å². The minimum atomic E-state index is -0.778. The van der Waals surface area contributed by atoms with Crippen LogP contribution in [0.15, 0.2) is 102 Å². The lowest BCUT2D eigenvalue weighted by Crippen LogP contribution is -2.32. The second kappa shape index (κ2) is 14.8. The molecule has 48 heavy (non-hydrogen) atoms. The van der Waals surface area contributed by atoms with E-state index in [2.05, 4.69) is 56.5 Å². The van der Waals surface area contributed by atoms with Crippen molar-refractivity contribution in [3.63, 3.8) is 0 Å². The van der Waals surface area contributed by atoms with Gasteiger partial charge in [0, 0.05) is 46.2 Å². The topological polar surface area (TPSA) is 137 Å². The number of rotatable bonds is 9. The molecule has 0 aliphatic carbocycles. The third-order valence-corrected chi connectivity index (χ3v) is 9.31. The van der Waals surface area contributed by atoms with Crippen molar-refractivity contribution >= 4 is 86.6 Å². The van der Waals surface area contributed by atoms with Gasteiger partial charge in [0.15, 0.2) is 10.3 Å². The average Bonchev–Trinajstić information content (AvgIpc) is 3.72. The number of aromatic nitrogens is 6. The molecule has 0 bridgehead atoms. The lowest BCUT2D eigenvalue weighted by atomic mass is 9.95. The number of benzene rings is 2. The number of ether oxygens (including phenoxy) is 2. The molecule has 5 aromatic heterocycles. The normalized spacial score (nSPS) is 11.1. The number of anilines is 4. The van der Waals surface area contributed by atoms with Crippen molar-refractivity contribution in [1.82, 2.24) is 29.9 Å². The van der Waals surface area contributed by atoms with Crippen LogP contribution in [0.1, 0.15) is 13.8 Å². The summed E-state index contributed by atoms with van der Waals surface area (Å²) in [5.74, 6) is -0.347. The molecule has 0 amide bonds. The zero-order valence-electron chi connectivity index (χ0n) is 26.0. The van der Waals surface area contributed by atoms with Crippen LogP contribution in [-0.4, -0.2) is 49.6 Å². The van der Waals surface area contributed by atoms with E-state index in [1.165, 1.54) is 7.11 Å². The van der Waals surface area contributed by atoms with Crippen LogP contribution in [0.25, 0.3) is 31.6 Å². The Bertz CT molecular complexity index is 2070. The fourth-order valence-electron chi connectivity index (χ4n) is 4.31. The second-order valence-electron chi connectivity index (χ2n) is 11.0. The number of halogens is 1. The van der Waals surface area contributed by atoms with Crippen molar-refractivity contribution in [3.8, 4) is 17.1 Å². The molecule has 7 rings (SSSR count). The molecule has 0 spiro atoms. The van der Waals surface area contributed by atoms with Gasteiger partial charge in [-0.1, -0.05) is 50.7 Å². The van der Waals surface area contributed by atoms with Gasteiger partial charge in [0.1, 0.15) is 17.6 Å². The third kappa shape index (κ3) is 8.26. The fourth-order valence-corrected chi connectivity index (χ4v) is 6.28. The molecule has 0 atom stereocenters. The summed E-state index contributed by atoms with van der Waals surface area (Å²) in [5, 5.41) is 8.30. The molecular formula is C34H29BrN8O3S2. The Balaban J connectivity index is 0.000000198. The summed E-state index contributed by atoms with van der Waals surface area (Å²) < 4.78 is 13.6. The van der Waals surface area contributed by atoms with Crippen molar-refractivity contribution in [3.05, 3.63) is 102 Å². The summed E-state index contributed by atoms with van der Waals surface area (Å²) in [6.45, 7) is 3.61. The van der Waals surface area contributed by atoms with Crippen molar-refractivity contribution < 1.29 is 14.3 Å². The number of hydrogen-bond donors (Lipinski definition) is 2. The van der Waals surface area contributed by atoms with E-state index in [9.17, 15) is 4.79 Å². The Morgan fingerprint density at radius 1 is 0.750 bits per heavy atom. The molecular weight excluding hydrogens is 712 g/mol. The van der Waals surface area contributed by atoms with Crippen LogP contribution in [-0.2, 0) is 9.53 Å². The highest BCUT2D eigenvalue weighted by Crippen LogP contribution is 2.30. The Labute approximate surface area is 292 Å². The Kier molecular flexibility index (Phi) is 10.1. The lowest BCUT2D eigenvalue weighted by Gasteiger charge is -2.20. The van der Waals surface area contributed by atoms with E-state index in [4.69, 9.17) is 9.47 Å². The number of carbonyl (C=O) groups excluding carboxylic acids is 1. The van der Waals surface area contributed by atoms with Crippen LogP contribution in [0.2, 0.25) is 0 Å². The van der Waals surface area contributed by atoms with E-state index >= 15 is 0 Å². The molecule has 242 valence electrons. The molecule has 0 unspecified atom stereocenters. The molecule has 2 aromatic carbocycles. The molecule has 0 saturated carbocycles. The van der Waals surface area contributed by atoms with Gasteiger partial charge in [-0.2, -0.15) is 0 Å². The van der Waals surface area contributed by atoms with E-state index in [0.29, 0.717) is 0 Å². The van der Waals surface area contributed by atoms with Crippen LogP contribution in [0.4, 0.5) is 21.6 Å². The number of carbonyl (C=O) groups is 1. The van der Waals surface area contributed by atoms with Crippen molar-refractivity contribution in [2.75, 3.05) is 24.4 Å². The van der Waals surface area contributed by atoms with E-state index in [0.717, 1.165) is 57.7 Å². The summed E-state index contributed by atoms with van der Waals surface area (Å²) in [4.78, 5) is 37.4. The molecule has 0 fully saturated rings. The van der Waals surface area contributed by atoms with E-state index in [1.807, 2.05) is 60.7 Å². The number of pyridine rings is 2. The molecule has 5 heterocycles. The summed E-state index contributed by atoms with van der Waals surface area (Å²) in [6, 6.07) is 20.1. The number of fused-ring (bicyclic) bond motifs is 2. The average molecular weight is 742 g/mol. The number of nitrogens with zero attached hydrogens (tertiary/aromatic N) is 6. The molecule has 0 aliphatic rings. The fraction of sp³-hybridized carbons (Fsp3) is 0.147. The standard InChI is InChI=1S/C22H21N5O3S.C12H8BrN3S/c1-22(2,19(28)29-3)13-30-20-24-10-15(11-25-20)14-4-6-16(7-5-14)26-21-27-17-12-23-9-8-18(17)31-21;13-8-1-3-9(4-2-8)15-12-16-10-7-14-6-5-11(10)17-12/h4-12H,13H2,1-3H3,(H,26,27);1-7H,(H,15,16). The number of esters is 1. The predicted octanol–water partition coefficient (Wildman–Crippen LogP) is 8.67. The summed E-state index contributed by atoms with van der Waals surface area (Å²) in [5.41, 5.74) is 4.82. The largest absolute Gasteiger partial charge is 0.469 e. The number of nitrogens with one attached hydrogen (secondary N) is 2. The van der Waals surface area contributed by atoms with Crippen molar-refractivity contribution in [2.45, 2.75) is 13.8 Å². The molecule has 7 aromatic rings. The first-order valence-electron chi connectivity index (χ1n) is 14.6. The van der Waals surface area contributed by atoms with E-state index < -0.39 is 5.41 Å². The van der Waals surface area contributed by atoms with Gasteiger partial charge in [0.2, 0.25) is 0 Å². The highest BCUT2D eigenvalue weighted by atomic mass is 79.9. The van der Waals surface area contributed by atoms with Crippen LogP contribution >= 0.6 is 38.6 Å².